The first-order valence-corrected chi connectivity index (χ1v) is 10.9. The Hall–Kier alpha value is -2.38. The first kappa shape index (κ1) is 19.9. The molecule has 1 N–H and O–H groups in total. The Morgan fingerprint density at radius 2 is 2.14 bits per heavy atom. The number of nitrogens with one attached hydrogen (secondary N) is 1. The molecular formula is C21H22ClN3O3S. The van der Waals surface area contributed by atoms with Gasteiger partial charge in [0.25, 0.3) is 5.91 Å². The van der Waals surface area contributed by atoms with Crippen molar-refractivity contribution in [2.75, 3.05) is 13.1 Å². The molecule has 0 bridgehead atoms. The lowest BCUT2D eigenvalue weighted by molar-refractivity contribution is -0.140. The second-order valence-corrected chi connectivity index (χ2v) is 8.95. The van der Waals surface area contributed by atoms with Crippen LogP contribution in [-0.4, -0.2) is 40.7 Å². The van der Waals surface area contributed by atoms with Gasteiger partial charge in [-0.05, 0) is 54.5 Å². The molecule has 0 spiro atoms. The van der Waals surface area contributed by atoms with Crippen LogP contribution in [0.5, 0.6) is 0 Å². The van der Waals surface area contributed by atoms with Crippen molar-refractivity contribution in [3.63, 3.8) is 0 Å². The number of carbonyl (C=O) groups excluding carboxylic acids is 3. The summed E-state index contributed by atoms with van der Waals surface area (Å²) in [6, 6.07) is 8.32. The van der Waals surface area contributed by atoms with Gasteiger partial charge in [-0.2, -0.15) is 0 Å². The van der Waals surface area contributed by atoms with Crippen molar-refractivity contribution in [1.29, 1.82) is 0 Å². The minimum absolute atomic E-state index is 0.0161. The molecule has 1 aromatic heterocycles. The number of hydrogen-bond acceptors (Lipinski definition) is 4. The number of nitrogens with zero attached hydrogens (tertiary/aromatic N) is 2. The Morgan fingerprint density at radius 3 is 2.86 bits per heavy atom. The number of urea groups is 1. The van der Waals surface area contributed by atoms with Gasteiger partial charge in [0.1, 0.15) is 12.1 Å². The molecule has 1 aromatic carbocycles. The lowest BCUT2D eigenvalue weighted by Gasteiger charge is -2.36. The highest BCUT2D eigenvalue weighted by Gasteiger charge is 2.50. The van der Waals surface area contributed by atoms with E-state index in [4.69, 9.17) is 11.6 Å². The van der Waals surface area contributed by atoms with Crippen molar-refractivity contribution < 1.29 is 14.4 Å². The Kier molecular flexibility index (Phi) is 5.12. The van der Waals surface area contributed by atoms with Crippen LogP contribution in [0, 0.1) is 0 Å². The fourth-order valence-corrected chi connectivity index (χ4v) is 5.32. The third kappa shape index (κ3) is 3.32. The predicted octanol–water partition coefficient (Wildman–Crippen LogP) is 3.70. The largest absolute Gasteiger partial charge is 0.334 e. The third-order valence-corrected chi connectivity index (χ3v) is 7.00. The van der Waals surface area contributed by atoms with E-state index >= 15 is 0 Å². The van der Waals surface area contributed by atoms with Crippen molar-refractivity contribution >= 4 is 40.8 Å². The smallest absolute Gasteiger partial charge is 0.325 e. The molecule has 0 saturated carbocycles. The number of thiophene rings is 1. The van der Waals surface area contributed by atoms with Gasteiger partial charge in [-0.1, -0.05) is 30.7 Å². The lowest BCUT2D eigenvalue weighted by Crippen LogP contribution is -2.47. The summed E-state index contributed by atoms with van der Waals surface area (Å²) in [5, 5.41) is 5.26. The summed E-state index contributed by atoms with van der Waals surface area (Å²) in [7, 11) is 0. The van der Waals surface area contributed by atoms with Crippen molar-refractivity contribution in [2.24, 2.45) is 0 Å². The Bertz CT molecular complexity index is 991. The maximum atomic E-state index is 13.1. The van der Waals surface area contributed by atoms with E-state index < -0.39 is 17.5 Å². The molecule has 4 amide bonds. The van der Waals surface area contributed by atoms with Crippen molar-refractivity contribution in [2.45, 2.75) is 38.3 Å². The number of rotatable bonds is 4. The molecule has 3 heterocycles. The van der Waals surface area contributed by atoms with Gasteiger partial charge in [0.15, 0.2) is 0 Å². The number of carbonyl (C=O) groups is 3. The number of fused-ring (bicyclic) bond motifs is 1. The van der Waals surface area contributed by atoms with E-state index in [-0.39, 0.29) is 18.5 Å². The van der Waals surface area contributed by atoms with E-state index in [1.165, 1.54) is 10.4 Å². The molecule has 1 fully saturated rings. The highest BCUT2D eigenvalue weighted by atomic mass is 35.5. The molecule has 2 aromatic rings. The molecule has 2 aliphatic rings. The van der Waals surface area contributed by atoms with E-state index in [9.17, 15) is 14.4 Å². The van der Waals surface area contributed by atoms with Gasteiger partial charge < -0.3 is 10.2 Å². The fourth-order valence-electron chi connectivity index (χ4n) is 4.20. The van der Waals surface area contributed by atoms with Gasteiger partial charge in [0.05, 0.1) is 6.04 Å². The molecule has 2 atom stereocenters. The summed E-state index contributed by atoms with van der Waals surface area (Å²) in [6.07, 6.45) is 1.59. The van der Waals surface area contributed by atoms with Gasteiger partial charge in [-0.3, -0.25) is 14.5 Å². The zero-order valence-electron chi connectivity index (χ0n) is 16.3. The Labute approximate surface area is 178 Å². The van der Waals surface area contributed by atoms with Crippen LogP contribution < -0.4 is 5.32 Å². The summed E-state index contributed by atoms with van der Waals surface area (Å²) in [4.78, 5) is 42.9. The molecular weight excluding hydrogens is 410 g/mol. The topological polar surface area (TPSA) is 69.7 Å². The van der Waals surface area contributed by atoms with Crippen LogP contribution >= 0.6 is 22.9 Å². The van der Waals surface area contributed by atoms with Crippen LogP contribution in [0.3, 0.4) is 0 Å². The predicted molar refractivity (Wildman–Crippen MR) is 112 cm³/mol. The van der Waals surface area contributed by atoms with Crippen LogP contribution in [0.25, 0.3) is 0 Å². The number of hydrogen-bond donors (Lipinski definition) is 1. The minimum atomic E-state index is -1.24. The molecule has 29 heavy (non-hydrogen) atoms. The van der Waals surface area contributed by atoms with Gasteiger partial charge >= 0.3 is 6.03 Å². The van der Waals surface area contributed by atoms with E-state index in [2.05, 4.69) is 16.8 Å². The van der Waals surface area contributed by atoms with E-state index in [1.54, 1.807) is 47.4 Å². The molecule has 0 radical (unpaired) electrons. The monoisotopic (exact) mass is 431 g/mol. The minimum Gasteiger partial charge on any atom is -0.334 e. The van der Waals surface area contributed by atoms with Gasteiger partial charge in [0.2, 0.25) is 5.91 Å². The molecule has 152 valence electrons. The number of benzene rings is 1. The van der Waals surface area contributed by atoms with Gasteiger partial charge in [-0.25, -0.2) is 4.79 Å². The fraction of sp³-hybridized carbons (Fsp3) is 0.381. The first-order valence-electron chi connectivity index (χ1n) is 9.61. The standard InChI is InChI=1S/C21H22ClN3O3S/c1-3-16-15-8-10-29-17(15)7-9-24(16)18(26)12-25-19(27)21(2,23-20(25)28)13-5-4-6-14(22)11-13/h4-6,8,10-11,16H,3,7,9,12H2,1-2H3,(H,23,28). The van der Waals surface area contributed by atoms with Crippen LogP contribution in [-0.2, 0) is 21.5 Å². The second kappa shape index (κ2) is 7.46. The number of halogens is 1. The average molecular weight is 432 g/mol. The maximum Gasteiger partial charge on any atom is 0.325 e. The third-order valence-electron chi connectivity index (χ3n) is 5.77. The summed E-state index contributed by atoms with van der Waals surface area (Å²) in [6.45, 7) is 4.01. The Morgan fingerprint density at radius 1 is 1.34 bits per heavy atom. The summed E-state index contributed by atoms with van der Waals surface area (Å²) in [5.74, 6) is -0.660. The number of amides is 4. The van der Waals surface area contributed by atoms with Crippen LogP contribution in [0.2, 0.25) is 5.02 Å². The molecule has 1 saturated heterocycles. The van der Waals surface area contributed by atoms with E-state index in [0.29, 0.717) is 17.1 Å². The van der Waals surface area contributed by atoms with Crippen LogP contribution in [0.1, 0.15) is 42.3 Å². The molecule has 6 nitrogen and oxygen atoms in total. The van der Waals surface area contributed by atoms with Crippen molar-refractivity contribution in [3.05, 3.63) is 56.7 Å². The van der Waals surface area contributed by atoms with Crippen LogP contribution in [0.4, 0.5) is 4.79 Å². The summed E-state index contributed by atoms with van der Waals surface area (Å²) < 4.78 is 0. The van der Waals surface area contributed by atoms with E-state index in [1.807, 2.05) is 6.92 Å². The molecule has 2 unspecified atom stereocenters. The highest BCUT2D eigenvalue weighted by Crippen LogP contribution is 2.36. The van der Waals surface area contributed by atoms with Gasteiger partial charge in [-0.15, -0.1) is 11.3 Å². The molecule has 0 aliphatic carbocycles. The zero-order valence-corrected chi connectivity index (χ0v) is 17.8. The zero-order chi connectivity index (χ0) is 20.8. The molecule has 8 heteroatoms. The maximum absolute atomic E-state index is 13.1. The lowest BCUT2D eigenvalue weighted by atomic mass is 9.92. The normalized spacial score (nSPS) is 23.9. The first-order chi connectivity index (χ1) is 13.8. The average Bonchev–Trinajstić information content (AvgIpc) is 3.26. The van der Waals surface area contributed by atoms with E-state index in [0.717, 1.165) is 17.7 Å². The van der Waals surface area contributed by atoms with Crippen molar-refractivity contribution in [1.82, 2.24) is 15.1 Å². The van der Waals surface area contributed by atoms with Crippen LogP contribution in [0.15, 0.2) is 35.7 Å². The molecule has 2 aliphatic heterocycles. The second-order valence-electron chi connectivity index (χ2n) is 7.52. The van der Waals surface area contributed by atoms with Gasteiger partial charge in [0, 0.05) is 16.4 Å². The quantitative estimate of drug-likeness (QED) is 0.750. The SMILES string of the molecule is CCC1c2ccsc2CCN1C(=O)CN1C(=O)NC(C)(c2cccc(Cl)c2)C1=O. The number of imide groups is 1. The van der Waals surface area contributed by atoms with Crippen molar-refractivity contribution in [3.8, 4) is 0 Å². The summed E-state index contributed by atoms with van der Waals surface area (Å²) in [5.41, 5.74) is 0.526. The Balaban J connectivity index is 1.54. The highest BCUT2D eigenvalue weighted by molar-refractivity contribution is 7.10. The summed E-state index contributed by atoms with van der Waals surface area (Å²) >= 11 is 7.77. The molecule has 4 rings (SSSR count).